The number of hydrogen-bond acceptors (Lipinski definition) is 4. The van der Waals surface area contributed by atoms with Crippen LogP contribution >= 0.6 is 0 Å². The van der Waals surface area contributed by atoms with Crippen LogP contribution in [0.1, 0.15) is 11.6 Å². The van der Waals surface area contributed by atoms with Gasteiger partial charge in [0, 0.05) is 6.07 Å². The zero-order valence-corrected chi connectivity index (χ0v) is 10.8. The monoisotopic (exact) mass is 265 g/mol. The SMILES string of the molecule is Cc1nc(-n2c(CC#N)nc3ccccc32)cc(=O)[nH]1. The smallest absolute Gasteiger partial charge is 0.253 e. The van der Waals surface area contributed by atoms with E-state index in [0.29, 0.717) is 17.5 Å². The number of H-pyrrole nitrogens is 1. The molecule has 6 nitrogen and oxygen atoms in total. The molecule has 2 aromatic heterocycles. The molecule has 0 unspecified atom stereocenters. The van der Waals surface area contributed by atoms with Crippen LogP contribution in [0.25, 0.3) is 16.9 Å². The van der Waals surface area contributed by atoms with Gasteiger partial charge in [-0.3, -0.25) is 9.36 Å². The molecule has 0 spiro atoms. The summed E-state index contributed by atoms with van der Waals surface area (Å²) in [6.45, 7) is 1.72. The molecule has 0 atom stereocenters. The van der Waals surface area contributed by atoms with Gasteiger partial charge in [0.15, 0.2) is 0 Å². The van der Waals surface area contributed by atoms with Gasteiger partial charge < -0.3 is 4.98 Å². The Morgan fingerprint density at radius 1 is 1.35 bits per heavy atom. The summed E-state index contributed by atoms with van der Waals surface area (Å²) in [5.41, 5.74) is 1.38. The van der Waals surface area contributed by atoms with Crippen molar-refractivity contribution in [2.45, 2.75) is 13.3 Å². The van der Waals surface area contributed by atoms with E-state index in [2.05, 4.69) is 21.0 Å². The molecule has 0 amide bonds. The second-order valence-electron chi connectivity index (χ2n) is 4.38. The third kappa shape index (κ3) is 1.95. The molecule has 0 radical (unpaired) electrons. The molecule has 2 heterocycles. The number of aryl methyl sites for hydroxylation is 1. The zero-order chi connectivity index (χ0) is 14.1. The predicted molar refractivity (Wildman–Crippen MR) is 73.5 cm³/mol. The van der Waals surface area contributed by atoms with Crippen LogP contribution in [0, 0.1) is 18.3 Å². The first-order chi connectivity index (χ1) is 9.69. The van der Waals surface area contributed by atoms with Crippen molar-refractivity contribution in [3.05, 3.63) is 52.3 Å². The van der Waals surface area contributed by atoms with Gasteiger partial charge >= 0.3 is 0 Å². The number of benzene rings is 1. The average Bonchev–Trinajstić information content (AvgIpc) is 2.76. The minimum Gasteiger partial charge on any atom is -0.311 e. The molecule has 98 valence electrons. The fourth-order valence-corrected chi connectivity index (χ4v) is 2.20. The van der Waals surface area contributed by atoms with Crippen LogP contribution in [0.15, 0.2) is 35.1 Å². The van der Waals surface area contributed by atoms with Gasteiger partial charge in [-0.05, 0) is 19.1 Å². The van der Waals surface area contributed by atoms with E-state index in [1.165, 1.54) is 6.07 Å². The van der Waals surface area contributed by atoms with E-state index in [1.807, 2.05) is 24.3 Å². The highest BCUT2D eigenvalue weighted by Gasteiger charge is 2.13. The summed E-state index contributed by atoms with van der Waals surface area (Å²) in [7, 11) is 0. The zero-order valence-electron chi connectivity index (χ0n) is 10.8. The molecule has 20 heavy (non-hydrogen) atoms. The first-order valence-corrected chi connectivity index (χ1v) is 6.10. The first-order valence-electron chi connectivity index (χ1n) is 6.10. The molecule has 0 saturated heterocycles. The lowest BCUT2D eigenvalue weighted by Crippen LogP contribution is -2.13. The Labute approximate surface area is 114 Å². The molecule has 1 N–H and O–H groups in total. The fraction of sp³-hybridized carbons (Fsp3) is 0.143. The Morgan fingerprint density at radius 3 is 2.90 bits per heavy atom. The Kier molecular flexibility index (Phi) is 2.80. The molecule has 0 fully saturated rings. The highest BCUT2D eigenvalue weighted by molar-refractivity contribution is 5.77. The van der Waals surface area contributed by atoms with Crippen LogP contribution in [0.4, 0.5) is 0 Å². The van der Waals surface area contributed by atoms with Crippen LogP contribution in [-0.4, -0.2) is 19.5 Å². The van der Waals surface area contributed by atoms with Crippen LogP contribution in [0.5, 0.6) is 0 Å². The van der Waals surface area contributed by atoms with Crippen molar-refractivity contribution in [3.63, 3.8) is 0 Å². The van der Waals surface area contributed by atoms with E-state index in [0.717, 1.165) is 11.0 Å². The molecular formula is C14H11N5O. The summed E-state index contributed by atoms with van der Waals surface area (Å²) in [4.78, 5) is 23.0. The maximum absolute atomic E-state index is 11.6. The van der Waals surface area contributed by atoms with Gasteiger partial charge in [0.05, 0.1) is 23.5 Å². The Balaban J connectivity index is 2.36. The van der Waals surface area contributed by atoms with Gasteiger partial charge in [-0.1, -0.05) is 12.1 Å². The predicted octanol–water partition coefficient (Wildman–Crippen LogP) is 1.48. The molecular weight excluding hydrogens is 254 g/mol. The van der Waals surface area contributed by atoms with Crippen molar-refractivity contribution in [1.29, 1.82) is 5.26 Å². The Bertz CT molecular complexity index is 884. The largest absolute Gasteiger partial charge is 0.311 e. The second kappa shape index (κ2) is 4.63. The molecule has 0 aliphatic heterocycles. The van der Waals surface area contributed by atoms with Crippen LogP contribution in [-0.2, 0) is 6.42 Å². The Hall–Kier alpha value is -2.94. The van der Waals surface area contributed by atoms with Gasteiger partial charge in [-0.25, -0.2) is 9.97 Å². The number of aromatic nitrogens is 4. The van der Waals surface area contributed by atoms with E-state index in [9.17, 15) is 4.79 Å². The number of para-hydroxylation sites is 2. The second-order valence-corrected chi connectivity index (χ2v) is 4.38. The lowest BCUT2D eigenvalue weighted by atomic mass is 10.3. The van der Waals surface area contributed by atoms with Gasteiger partial charge in [0.1, 0.15) is 17.5 Å². The minimum atomic E-state index is -0.229. The minimum absolute atomic E-state index is 0.155. The van der Waals surface area contributed by atoms with Crippen molar-refractivity contribution >= 4 is 11.0 Å². The maximum atomic E-state index is 11.6. The lowest BCUT2D eigenvalue weighted by Gasteiger charge is -2.06. The van der Waals surface area contributed by atoms with Crippen LogP contribution < -0.4 is 5.56 Å². The number of nitriles is 1. The number of nitrogens with zero attached hydrogens (tertiary/aromatic N) is 4. The van der Waals surface area contributed by atoms with Gasteiger partial charge in [0.25, 0.3) is 5.56 Å². The van der Waals surface area contributed by atoms with Crippen molar-refractivity contribution in [1.82, 2.24) is 19.5 Å². The third-order valence-corrected chi connectivity index (χ3v) is 2.94. The van der Waals surface area contributed by atoms with Crippen LogP contribution in [0.2, 0.25) is 0 Å². The van der Waals surface area contributed by atoms with Gasteiger partial charge in [-0.15, -0.1) is 0 Å². The molecule has 3 rings (SSSR count). The van der Waals surface area contributed by atoms with E-state index in [-0.39, 0.29) is 12.0 Å². The highest BCUT2D eigenvalue weighted by Crippen LogP contribution is 2.19. The van der Waals surface area contributed by atoms with E-state index in [1.54, 1.807) is 11.5 Å². The molecule has 0 bridgehead atoms. The number of rotatable bonds is 2. The van der Waals surface area contributed by atoms with Crippen LogP contribution in [0.3, 0.4) is 0 Å². The first kappa shape index (κ1) is 12.1. The number of hydrogen-bond donors (Lipinski definition) is 1. The molecule has 0 saturated carbocycles. The number of fused-ring (bicyclic) bond motifs is 1. The molecule has 6 heteroatoms. The molecule has 3 aromatic rings. The average molecular weight is 265 g/mol. The van der Waals surface area contributed by atoms with E-state index >= 15 is 0 Å². The van der Waals surface area contributed by atoms with Gasteiger partial charge in [-0.2, -0.15) is 5.26 Å². The normalized spacial score (nSPS) is 10.6. The maximum Gasteiger partial charge on any atom is 0.253 e. The summed E-state index contributed by atoms with van der Waals surface area (Å²) in [6.07, 6.45) is 0.155. The topological polar surface area (TPSA) is 87.4 Å². The summed E-state index contributed by atoms with van der Waals surface area (Å²) >= 11 is 0. The van der Waals surface area contributed by atoms with Gasteiger partial charge in [0.2, 0.25) is 0 Å². The van der Waals surface area contributed by atoms with Crippen molar-refractivity contribution in [3.8, 4) is 11.9 Å². The van der Waals surface area contributed by atoms with Crippen molar-refractivity contribution in [2.24, 2.45) is 0 Å². The fourth-order valence-electron chi connectivity index (χ4n) is 2.20. The summed E-state index contributed by atoms with van der Waals surface area (Å²) in [5, 5.41) is 8.93. The number of nitrogens with one attached hydrogen (secondary N) is 1. The van der Waals surface area contributed by atoms with E-state index in [4.69, 9.17) is 5.26 Å². The van der Waals surface area contributed by atoms with Crippen molar-refractivity contribution < 1.29 is 0 Å². The number of imidazole rings is 1. The summed E-state index contributed by atoms with van der Waals surface area (Å²) in [6, 6.07) is 11.0. The molecule has 0 aliphatic carbocycles. The van der Waals surface area contributed by atoms with E-state index < -0.39 is 0 Å². The standard InChI is InChI=1S/C14H11N5O/c1-9-16-13(8-14(20)17-9)19-11-5-3-2-4-10(11)18-12(19)6-7-15/h2-5,8H,6H2,1H3,(H,16,17,20). The molecule has 1 aromatic carbocycles. The lowest BCUT2D eigenvalue weighted by molar-refractivity contribution is 0.886. The quantitative estimate of drug-likeness (QED) is 0.760. The highest BCUT2D eigenvalue weighted by atomic mass is 16.1. The summed E-state index contributed by atoms with van der Waals surface area (Å²) < 4.78 is 1.75. The Morgan fingerprint density at radius 2 is 2.15 bits per heavy atom. The van der Waals surface area contributed by atoms with Crippen molar-refractivity contribution in [2.75, 3.05) is 0 Å². The third-order valence-electron chi connectivity index (χ3n) is 2.94. The number of aromatic amines is 1. The molecule has 0 aliphatic rings. The summed E-state index contributed by atoms with van der Waals surface area (Å²) in [5.74, 6) is 1.57.